The van der Waals surface area contributed by atoms with Crippen LogP contribution >= 0.6 is 0 Å². The maximum Gasteiger partial charge on any atom is 0.199 e. The quantitative estimate of drug-likeness (QED) is 0.554. The monoisotopic (exact) mass is 139 g/mol. The van der Waals surface area contributed by atoms with Gasteiger partial charge in [-0.2, -0.15) is 5.43 Å². The van der Waals surface area contributed by atoms with Crippen LogP contribution in [0.25, 0.3) is 0 Å². The summed E-state index contributed by atoms with van der Waals surface area (Å²) in [5.74, 6) is 0. The van der Waals surface area contributed by atoms with E-state index in [0.29, 0.717) is 6.54 Å². The van der Waals surface area contributed by atoms with Crippen molar-refractivity contribution in [3.05, 3.63) is 30.6 Å². The van der Waals surface area contributed by atoms with Crippen LogP contribution in [0.1, 0.15) is 0 Å². The lowest BCUT2D eigenvalue weighted by Gasteiger charge is -1.94. The van der Waals surface area contributed by atoms with Crippen LogP contribution in [0.2, 0.25) is 0 Å². The Bertz CT molecular complexity index is 176. The molecule has 1 aromatic heterocycles. The van der Waals surface area contributed by atoms with Crippen molar-refractivity contribution in [1.29, 1.82) is 0 Å². The highest BCUT2D eigenvalue weighted by Crippen LogP contribution is 1.73. The van der Waals surface area contributed by atoms with E-state index < -0.39 is 0 Å². The van der Waals surface area contributed by atoms with E-state index >= 15 is 0 Å². The van der Waals surface area contributed by atoms with Crippen LogP contribution in [0, 0.1) is 0 Å². The van der Waals surface area contributed by atoms with Crippen LogP contribution in [0.4, 0.5) is 0 Å². The summed E-state index contributed by atoms with van der Waals surface area (Å²) in [5.41, 5.74) is 2.96. The topological polar surface area (TPSA) is 36.1 Å². The van der Waals surface area contributed by atoms with Crippen molar-refractivity contribution in [2.45, 2.75) is 0 Å². The Balaban J connectivity index is 2.43. The van der Waals surface area contributed by atoms with E-state index in [-0.39, 0.29) is 6.61 Å². The van der Waals surface area contributed by atoms with E-state index in [1.54, 1.807) is 4.68 Å². The summed E-state index contributed by atoms with van der Waals surface area (Å²) in [6.07, 6.45) is 3.77. The largest absolute Gasteiger partial charge is 0.394 e. The van der Waals surface area contributed by atoms with Gasteiger partial charge in [0.25, 0.3) is 0 Å². The molecule has 0 radical (unpaired) electrons. The molecule has 54 valence electrons. The van der Waals surface area contributed by atoms with Gasteiger partial charge < -0.3 is 5.11 Å². The van der Waals surface area contributed by atoms with E-state index in [0.717, 1.165) is 0 Å². The molecule has 0 aliphatic heterocycles. The molecular weight excluding hydrogens is 128 g/mol. The van der Waals surface area contributed by atoms with Gasteiger partial charge >= 0.3 is 0 Å². The first-order valence-corrected chi connectivity index (χ1v) is 3.24. The van der Waals surface area contributed by atoms with E-state index in [2.05, 4.69) is 5.43 Å². The van der Waals surface area contributed by atoms with Gasteiger partial charge in [-0.25, -0.2) is 0 Å². The summed E-state index contributed by atoms with van der Waals surface area (Å²) in [6, 6.07) is 5.78. The van der Waals surface area contributed by atoms with Crippen molar-refractivity contribution in [3.63, 3.8) is 0 Å². The normalized spacial score (nSPS) is 9.30. The van der Waals surface area contributed by atoms with Crippen molar-refractivity contribution < 1.29 is 9.78 Å². The van der Waals surface area contributed by atoms with Crippen molar-refractivity contribution in [2.24, 2.45) is 0 Å². The van der Waals surface area contributed by atoms with Crippen LogP contribution in [-0.2, 0) is 0 Å². The summed E-state index contributed by atoms with van der Waals surface area (Å²) in [6.45, 7) is 0.733. The maximum absolute atomic E-state index is 8.45. The molecule has 0 aromatic carbocycles. The van der Waals surface area contributed by atoms with E-state index in [1.807, 2.05) is 30.6 Å². The van der Waals surface area contributed by atoms with Gasteiger partial charge in [0.1, 0.15) is 0 Å². The fourth-order valence-corrected chi connectivity index (χ4v) is 0.683. The van der Waals surface area contributed by atoms with E-state index in [1.165, 1.54) is 0 Å². The first-order valence-electron chi connectivity index (χ1n) is 3.24. The summed E-state index contributed by atoms with van der Waals surface area (Å²) in [5, 5.41) is 8.45. The first-order chi connectivity index (χ1) is 4.93. The summed E-state index contributed by atoms with van der Waals surface area (Å²) < 4.78 is 1.80. The van der Waals surface area contributed by atoms with Gasteiger partial charge in [-0.15, -0.1) is 0 Å². The lowest BCUT2D eigenvalue weighted by Crippen LogP contribution is -2.45. The van der Waals surface area contributed by atoms with E-state index in [4.69, 9.17) is 5.11 Å². The van der Waals surface area contributed by atoms with Crippen molar-refractivity contribution in [1.82, 2.24) is 0 Å². The molecule has 0 fully saturated rings. The lowest BCUT2D eigenvalue weighted by molar-refractivity contribution is -0.650. The Labute approximate surface area is 59.9 Å². The van der Waals surface area contributed by atoms with Gasteiger partial charge in [0.2, 0.25) is 0 Å². The van der Waals surface area contributed by atoms with Gasteiger partial charge in [0.15, 0.2) is 12.4 Å². The smallest absolute Gasteiger partial charge is 0.199 e. The molecule has 0 unspecified atom stereocenters. The molecule has 3 nitrogen and oxygen atoms in total. The molecule has 0 aliphatic rings. The second-order valence-electron chi connectivity index (χ2n) is 1.91. The van der Waals surface area contributed by atoms with Crippen molar-refractivity contribution >= 4 is 0 Å². The predicted molar refractivity (Wildman–Crippen MR) is 38.0 cm³/mol. The fourth-order valence-electron chi connectivity index (χ4n) is 0.683. The summed E-state index contributed by atoms with van der Waals surface area (Å²) in [4.78, 5) is 0. The third-order valence-corrected chi connectivity index (χ3v) is 1.12. The fraction of sp³-hybridized carbons (Fsp3) is 0.286. The molecule has 0 saturated carbocycles. The average molecular weight is 139 g/mol. The maximum atomic E-state index is 8.45. The predicted octanol–water partition coefficient (Wildman–Crippen LogP) is -0.490. The van der Waals surface area contributed by atoms with Gasteiger partial charge in [0.05, 0.1) is 13.2 Å². The van der Waals surface area contributed by atoms with Gasteiger partial charge in [-0.1, -0.05) is 10.7 Å². The first kappa shape index (κ1) is 7.02. The average Bonchev–Trinajstić information content (AvgIpc) is 2.03. The minimum absolute atomic E-state index is 0.155. The summed E-state index contributed by atoms with van der Waals surface area (Å²) in [7, 11) is 0. The molecule has 0 saturated heterocycles. The second-order valence-corrected chi connectivity index (χ2v) is 1.91. The minimum Gasteiger partial charge on any atom is -0.394 e. The molecule has 0 bridgehead atoms. The molecule has 0 spiro atoms. The minimum atomic E-state index is 0.155. The zero-order chi connectivity index (χ0) is 7.23. The highest BCUT2D eigenvalue weighted by atomic mass is 16.3. The van der Waals surface area contributed by atoms with Crippen LogP contribution in [-0.4, -0.2) is 18.3 Å². The molecule has 0 amide bonds. The Morgan fingerprint density at radius 2 is 1.90 bits per heavy atom. The van der Waals surface area contributed by atoms with Gasteiger partial charge in [0, 0.05) is 12.1 Å². The molecule has 0 aliphatic carbocycles. The molecule has 1 rings (SSSR count). The van der Waals surface area contributed by atoms with Crippen LogP contribution in [0.5, 0.6) is 0 Å². The second kappa shape index (κ2) is 3.85. The number of rotatable bonds is 3. The number of hydrogen-bond donors (Lipinski definition) is 2. The van der Waals surface area contributed by atoms with E-state index in [9.17, 15) is 0 Å². The molecular formula is C7H11N2O+. The number of hydrogen-bond acceptors (Lipinski definition) is 2. The number of aromatic nitrogens is 1. The molecule has 2 N–H and O–H groups in total. The molecule has 3 heteroatoms. The molecule has 10 heavy (non-hydrogen) atoms. The molecule has 1 aromatic rings. The number of aliphatic hydroxyl groups is 1. The Morgan fingerprint density at radius 1 is 1.20 bits per heavy atom. The lowest BCUT2D eigenvalue weighted by atomic mass is 10.5. The standard InChI is InChI=1S/C7H11N2O/c10-7-4-8-9-5-2-1-3-6-9/h1-3,5-6,8,10H,4,7H2/q+1. The number of nitrogens with zero attached hydrogens (tertiary/aromatic N) is 1. The SMILES string of the molecule is OCCN[n+]1ccccc1. The van der Waals surface area contributed by atoms with Crippen LogP contribution < -0.4 is 10.1 Å². The Kier molecular flexibility index (Phi) is 2.70. The number of nitrogens with one attached hydrogen (secondary N) is 1. The molecule has 0 atom stereocenters. The third-order valence-electron chi connectivity index (χ3n) is 1.12. The zero-order valence-electron chi connectivity index (χ0n) is 5.70. The van der Waals surface area contributed by atoms with Crippen molar-refractivity contribution in [3.8, 4) is 0 Å². The Hall–Kier alpha value is -1.09. The van der Waals surface area contributed by atoms with Gasteiger partial charge in [-0.05, 0) is 0 Å². The number of pyridine rings is 1. The Morgan fingerprint density at radius 3 is 2.50 bits per heavy atom. The third kappa shape index (κ3) is 2.03. The van der Waals surface area contributed by atoms with Crippen LogP contribution in [0.3, 0.4) is 0 Å². The highest BCUT2D eigenvalue weighted by Gasteiger charge is 1.91. The summed E-state index contributed by atoms with van der Waals surface area (Å²) >= 11 is 0. The van der Waals surface area contributed by atoms with Crippen molar-refractivity contribution in [2.75, 3.05) is 18.6 Å². The highest BCUT2D eigenvalue weighted by molar-refractivity contribution is 4.84. The van der Waals surface area contributed by atoms with Crippen LogP contribution in [0.15, 0.2) is 30.6 Å². The van der Waals surface area contributed by atoms with Gasteiger partial charge in [-0.3, -0.25) is 0 Å². The zero-order valence-corrected chi connectivity index (χ0v) is 5.70. The number of aliphatic hydroxyl groups excluding tert-OH is 1. The molecule has 1 heterocycles.